The van der Waals surface area contributed by atoms with Gasteiger partial charge in [0.2, 0.25) is 0 Å². The van der Waals surface area contributed by atoms with Crippen LogP contribution in [0.15, 0.2) is 30.9 Å². The Morgan fingerprint density at radius 2 is 1.91 bits per heavy atom. The molecule has 1 saturated heterocycles. The molecule has 1 unspecified atom stereocenters. The van der Waals surface area contributed by atoms with Gasteiger partial charge in [0, 0.05) is 16.6 Å². The molecular formula is C17H20Cl2N5O8P. The first-order valence-corrected chi connectivity index (χ1v) is 11.6. The van der Waals surface area contributed by atoms with Crippen molar-refractivity contribution in [1.29, 1.82) is 0 Å². The number of ether oxygens (including phenoxy) is 1. The summed E-state index contributed by atoms with van der Waals surface area (Å²) >= 11 is 12.1. The first-order chi connectivity index (χ1) is 15.5. The van der Waals surface area contributed by atoms with Gasteiger partial charge in [-0.3, -0.25) is 4.52 Å². The summed E-state index contributed by atoms with van der Waals surface area (Å²) in [5, 5.41) is 31.5. The fourth-order valence-electron chi connectivity index (χ4n) is 2.79. The van der Waals surface area contributed by atoms with Crippen molar-refractivity contribution in [2.24, 2.45) is 0 Å². The minimum atomic E-state index is -4.64. The van der Waals surface area contributed by atoms with Crippen LogP contribution in [0.2, 0.25) is 10.0 Å². The second-order valence-electron chi connectivity index (χ2n) is 6.75. The fraction of sp³-hybridized carbons (Fsp3) is 0.353. The monoisotopic (exact) mass is 523 g/mol. The second kappa shape index (κ2) is 11.0. The maximum Gasteiger partial charge on any atom is 0.469 e. The Kier molecular flexibility index (Phi) is 8.59. The SMILES string of the molecule is Clc1ccc(Cl)c(CNc2ncnc3nc[nH]c23)c1.O=P(O)(O)OC[C@H]1OC(O)[C@H](O)[C@@H]1O. The molecule has 13 nitrogen and oxygen atoms in total. The smallest absolute Gasteiger partial charge is 0.387 e. The summed E-state index contributed by atoms with van der Waals surface area (Å²) in [6.07, 6.45) is -2.62. The highest BCUT2D eigenvalue weighted by Gasteiger charge is 2.42. The molecule has 0 radical (unpaired) electrons. The molecule has 0 spiro atoms. The molecule has 1 fully saturated rings. The third-order valence-electron chi connectivity index (χ3n) is 4.42. The van der Waals surface area contributed by atoms with Crippen LogP contribution in [-0.4, -0.2) is 76.3 Å². The Morgan fingerprint density at radius 3 is 2.58 bits per heavy atom. The van der Waals surface area contributed by atoms with Crippen molar-refractivity contribution >= 4 is 48.0 Å². The molecule has 0 bridgehead atoms. The second-order valence-corrected chi connectivity index (χ2v) is 8.83. The number of rotatable bonds is 6. The average Bonchev–Trinajstić information content (AvgIpc) is 3.34. The van der Waals surface area contributed by atoms with Crippen molar-refractivity contribution in [3.63, 3.8) is 0 Å². The third kappa shape index (κ3) is 7.04. The number of aliphatic hydroxyl groups is 3. The topological polar surface area (TPSA) is 203 Å². The van der Waals surface area contributed by atoms with Gasteiger partial charge in [-0.25, -0.2) is 19.5 Å². The summed E-state index contributed by atoms with van der Waals surface area (Å²) in [6.45, 7) is -0.0932. The molecule has 1 aliphatic rings. The van der Waals surface area contributed by atoms with Gasteiger partial charge in [0.15, 0.2) is 17.8 Å². The number of phosphoric acid groups is 1. The Labute approximate surface area is 196 Å². The normalized spacial score (nSPS) is 22.8. The lowest BCUT2D eigenvalue weighted by Gasteiger charge is -2.14. The summed E-state index contributed by atoms with van der Waals surface area (Å²) in [4.78, 5) is 31.9. The summed E-state index contributed by atoms with van der Waals surface area (Å²) in [6, 6.07) is 5.35. The van der Waals surface area contributed by atoms with E-state index in [0.717, 1.165) is 11.1 Å². The fourth-order valence-corrected chi connectivity index (χ4v) is 3.51. The van der Waals surface area contributed by atoms with E-state index in [1.807, 2.05) is 6.07 Å². The van der Waals surface area contributed by atoms with Gasteiger partial charge in [0.05, 0.1) is 12.9 Å². The van der Waals surface area contributed by atoms with Gasteiger partial charge in [-0.15, -0.1) is 0 Å². The van der Waals surface area contributed by atoms with Gasteiger partial charge in [-0.05, 0) is 23.8 Å². The molecule has 0 saturated carbocycles. The van der Waals surface area contributed by atoms with Gasteiger partial charge >= 0.3 is 7.82 Å². The average molecular weight is 524 g/mol. The molecule has 16 heteroatoms. The van der Waals surface area contributed by atoms with Crippen molar-refractivity contribution in [3.8, 4) is 0 Å². The van der Waals surface area contributed by atoms with Crippen LogP contribution in [-0.2, 0) is 20.4 Å². The van der Waals surface area contributed by atoms with Gasteiger partial charge < -0.3 is 40.1 Å². The summed E-state index contributed by atoms with van der Waals surface area (Å²) in [5.74, 6) is 0.679. The molecular weight excluding hydrogens is 504 g/mol. The van der Waals surface area contributed by atoms with Gasteiger partial charge in [-0.1, -0.05) is 23.2 Å². The standard InChI is InChI=1S/C12H9Cl2N5.C5H11O8P/c13-8-1-2-9(14)7(3-8)4-15-11-10-12(17-5-16-10)19-6-18-11;6-3-2(1-12-14(9,10)11)13-5(8)4(3)7/h1-3,5-6H,4H2,(H2,15,16,17,18,19);2-8H,1H2,(H2,9,10,11)/t;2-,3-,4-,5?/m.1/s1. The highest BCUT2D eigenvalue weighted by Crippen LogP contribution is 2.37. The lowest BCUT2D eigenvalue weighted by atomic mass is 10.1. The number of anilines is 1. The number of H-pyrrole nitrogens is 1. The number of aromatic amines is 1. The number of nitrogens with one attached hydrogen (secondary N) is 2. The van der Waals surface area contributed by atoms with Gasteiger partial charge in [-0.2, -0.15) is 0 Å². The summed E-state index contributed by atoms with van der Waals surface area (Å²) < 4.78 is 18.9. The zero-order chi connectivity index (χ0) is 24.2. The van der Waals surface area contributed by atoms with E-state index in [0.29, 0.717) is 28.1 Å². The first-order valence-electron chi connectivity index (χ1n) is 9.27. The maximum atomic E-state index is 10.3. The minimum Gasteiger partial charge on any atom is -0.387 e. The molecule has 0 amide bonds. The number of fused-ring (bicyclic) bond motifs is 1. The van der Waals surface area contributed by atoms with E-state index in [1.165, 1.54) is 6.33 Å². The first kappa shape index (κ1) is 25.7. The Morgan fingerprint density at radius 1 is 1.15 bits per heavy atom. The lowest BCUT2D eigenvalue weighted by Crippen LogP contribution is -2.34. The molecule has 180 valence electrons. The van der Waals surface area contributed by atoms with Crippen molar-refractivity contribution in [2.45, 2.75) is 31.1 Å². The Hall–Kier alpha value is -1.90. The van der Waals surface area contributed by atoms with Crippen LogP contribution in [0.25, 0.3) is 11.2 Å². The van der Waals surface area contributed by atoms with E-state index < -0.39 is 39.0 Å². The van der Waals surface area contributed by atoms with Crippen LogP contribution in [0.3, 0.4) is 0 Å². The van der Waals surface area contributed by atoms with Crippen LogP contribution < -0.4 is 5.32 Å². The Bertz CT molecular complexity index is 1130. The number of imidazole rings is 1. The number of hydrogen-bond acceptors (Lipinski definition) is 10. The molecule has 4 rings (SSSR count). The quantitative estimate of drug-likeness (QED) is 0.224. The molecule has 33 heavy (non-hydrogen) atoms. The van der Waals surface area contributed by atoms with Crippen molar-refractivity contribution in [3.05, 3.63) is 46.5 Å². The highest BCUT2D eigenvalue weighted by atomic mass is 35.5. The van der Waals surface area contributed by atoms with E-state index in [1.54, 1.807) is 18.5 Å². The summed E-state index contributed by atoms with van der Waals surface area (Å²) in [5.41, 5.74) is 2.29. The van der Waals surface area contributed by atoms with E-state index in [9.17, 15) is 4.57 Å². The predicted molar refractivity (Wildman–Crippen MR) is 116 cm³/mol. The van der Waals surface area contributed by atoms with Gasteiger partial charge in [0.1, 0.15) is 30.2 Å². The highest BCUT2D eigenvalue weighted by molar-refractivity contribution is 7.46. The maximum absolute atomic E-state index is 10.3. The van der Waals surface area contributed by atoms with Crippen LogP contribution in [0.1, 0.15) is 5.56 Å². The zero-order valence-electron chi connectivity index (χ0n) is 16.6. The number of aromatic nitrogens is 4. The van der Waals surface area contributed by atoms with Crippen LogP contribution in [0.4, 0.5) is 5.82 Å². The number of nitrogens with zero attached hydrogens (tertiary/aromatic N) is 3. The number of benzene rings is 1. The lowest BCUT2D eigenvalue weighted by molar-refractivity contribution is -0.132. The van der Waals surface area contributed by atoms with Crippen LogP contribution in [0.5, 0.6) is 0 Å². The minimum absolute atomic E-state index is 0.518. The molecule has 7 N–H and O–H groups in total. The number of phosphoric ester groups is 1. The zero-order valence-corrected chi connectivity index (χ0v) is 19.0. The summed E-state index contributed by atoms with van der Waals surface area (Å²) in [7, 11) is -4.64. The molecule has 0 aliphatic carbocycles. The van der Waals surface area contributed by atoms with Crippen molar-refractivity contribution in [2.75, 3.05) is 11.9 Å². The number of aliphatic hydroxyl groups excluding tert-OH is 3. The Balaban J connectivity index is 0.000000196. The molecule has 3 heterocycles. The molecule has 2 aromatic heterocycles. The molecule has 3 aromatic rings. The van der Waals surface area contributed by atoms with Crippen molar-refractivity contribution < 1.29 is 38.9 Å². The van der Waals surface area contributed by atoms with E-state index in [4.69, 9.17) is 48.3 Å². The molecule has 1 aromatic carbocycles. The van der Waals surface area contributed by atoms with Crippen molar-refractivity contribution in [1.82, 2.24) is 19.9 Å². The molecule has 4 atom stereocenters. The predicted octanol–water partition coefficient (Wildman–Crippen LogP) is 0.806. The third-order valence-corrected chi connectivity index (χ3v) is 5.51. The molecule has 1 aliphatic heterocycles. The van der Waals surface area contributed by atoms with Crippen LogP contribution in [0, 0.1) is 0 Å². The number of hydrogen-bond donors (Lipinski definition) is 7. The van der Waals surface area contributed by atoms with E-state index in [-0.39, 0.29) is 0 Å². The number of halogens is 2. The van der Waals surface area contributed by atoms with Gasteiger partial charge in [0.25, 0.3) is 0 Å². The van der Waals surface area contributed by atoms with Crippen LogP contribution >= 0.6 is 31.0 Å². The largest absolute Gasteiger partial charge is 0.469 e. The van der Waals surface area contributed by atoms with E-state index in [2.05, 4.69) is 34.5 Å². The van der Waals surface area contributed by atoms with E-state index >= 15 is 0 Å².